The number of hydrogen-bond acceptors (Lipinski definition) is 2. The summed E-state index contributed by atoms with van der Waals surface area (Å²) in [4.78, 5) is 5.30. The van der Waals surface area contributed by atoms with Gasteiger partial charge in [0.15, 0.2) is 0 Å². The Morgan fingerprint density at radius 3 is 2.41 bits per heavy atom. The van der Waals surface area contributed by atoms with Crippen molar-refractivity contribution in [3.63, 3.8) is 0 Å². The van der Waals surface area contributed by atoms with Crippen LogP contribution in [0.2, 0.25) is 0 Å². The Hall–Kier alpha value is -0.640. The Labute approximate surface area is 142 Å². The first kappa shape index (κ1) is 14.9. The van der Waals surface area contributed by atoms with Crippen molar-refractivity contribution in [2.75, 3.05) is 32.7 Å². The molecule has 22 heavy (non-hydrogen) atoms. The minimum absolute atomic E-state index is 0.892. The van der Waals surface area contributed by atoms with Crippen molar-refractivity contribution in [3.8, 4) is 0 Å². The van der Waals surface area contributed by atoms with Gasteiger partial charge < -0.3 is 4.90 Å². The fraction of sp³-hybridized carbons (Fsp3) is 0.579. The quantitative estimate of drug-likeness (QED) is 0.753. The molecule has 2 bridgehead atoms. The van der Waals surface area contributed by atoms with E-state index in [4.69, 9.17) is 0 Å². The van der Waals surface area contributed by atoms with Crippen LogP contribution in [0.5, 0.6) is 0 Å². The number of fused-ring (bicyclic) bond motifs is 2. The van der Waals surface area contributed by atoms with E-state index >= 15 is 0 Å². The lowest BCUT2D eigenvalue weighted by atomic mass is 9.93. The van der Waals surface area contributed by atoms with Gasteiger partial charge in [-0.2, -0.15) is 0 Å². The van der Waals surface area contributed by atoms with Crippen molar-refractivity contribution in [2.24, 2.45) is 17.8 Å². The molecule has 1 saturated carbocycles. The number of hydrogen-bond donors (Lipinski definition) is 0. The first-order valence-electron chi connectivity index (χ1n) is 8.64. The molecule has 1 heterocycles. The topological polar surface area (TPSA) is 6.48 Å². The van der Waals surface area contributed by atoms with Crippen LogP contribution in [0.1, 0.15) is 18.4 Å². The van der Waals surface area contributed by atoms with Crippen molar-refractivity contribution in [1.82, 2.24) is 9.80 Å². The Morgan fingerprint density at radius 2 is 1.73 bits per heavy atom. The zero-order valence-electron chi connectivity index (χ0n) is 13.1. The van der Waals surface area contributed by atoms with Gasteiger partial charge in [0, 0.05) is 43.7 Å². The predicted octanol–water partition coefficient (Wildman–Crippen LogP) is 3.78. The molecule has 0 spiro atoms. The summed E-state index contributed by atoms with van der Waals surface area (Å²) in [6.07, 6.45) is 7.82. The summed E-state index contributed by atoms with van der Waals surface area (Å²) in [6.45, 7) is 7.29. The zero-order valence-corrected chi connectivity index (χ0v) is 14.7. The van der Waals surface area contributed by atoms with Crippen molar-refractivity contribution >= 4 is 15.9 Å². The minimum Gasteiger partial charge on any atom is -0.300 e. The molecule has 3 heteroatoms. The van der Waals surface area contributed by atoms with Gasteiger partial charge in [-0.1, -0.05) is 46.3 Å². The first-order chi connectivity index (χ1) is 10.8. The van der Waals surface area contributed by atoms with Crippen LogP contribution < -0.4 is 0 Å². The van der Waals surface area contributed by atoms with Gasteiger partial charge in [-0.3, -0.25) is 4.90 Å². The van der Waals surface area contributed by atoms with Gasteiger partial charge in [-0.25, -0.2) is 0 Å². The van der Waals surface area contributed by atoms with Crippen molar-refractivity contribution in [1.29, 1.82) is 0 Å². The molecule has 2 aliphatic carbocycles. The second kappa shape index (κ2) is 6.46. The lowest BCUT2D eigenvalue weighted by Crippen LogP contribution is -2.47. The summed E-state index contributed by atoms with van der Waals surface area (Å²) < 4.78 is 1.24. The average Bonchev–Trinajstić information content (AvgIpc) is 3.14. The molecule has 0 aromatic heterocycles. The molecule has 1 aliphatic heterocycles. The van der Waals surface area contributed by atoms with Crippen molar-refractivity contribution < 1.29 is 0 Å². The number of halogens is 1. The zero-order chi connectivity index (χ0) is 14.9. The lowest BCUT2D eigenvalue weighted by molar-refractivity contribution is 0.108. The van der Waals surface area contributed by atoms with Crippen molar-refractivity contribution in [2.45, 2.75) is 19.4 Å². The van der Waals surface area contributed by atoms with E-state index in [0.717, 1.165) is 24.3 Å². The summed E-state index contributed by atoms with van der Waals surface area (Å²) in [5.41, 5.74) is 1.41. The highest BCUT2D eigenvalue weighted by molar-refractivity contribution is 9.10. The summed E-state index contributed by atoms with van der Waals surface area (Å²) in [6, 6.07) is 8.61. The Bertz CT molecular complexity index is 548. The Kier molecular flexibility index (Phi) is 4.38. The van der Waals surface area contributed by atoms with Crippen LogP contribution in [0.25, 0.3) is 0 Å². The molecule has 3 atom stereocenters. The highest BCUT2D eigenvalue weighted by atomic mass is 79.9. The monoisotopic (exact) mass is 360 g/mol. The van der Waals surface area contributed by atoms with Crippen molar-refractivity contribution in [3.05, 3.63) is 46.5 Å². The van der Waals surface area contributed by atoms with Crippen LogP contribution in [0.15, 0.2) is 40.9 Å². The van der Waals surface area contributed by atoms with Gasteiger partial charge in [0.05, 0.1) is 0 Å². The molecular weight excluding hydrogens is 336 g/mol. The van der Waals surface area contributed by atoms with E-state index in [2.05, 4.69) is 62.1 Å². The van der Waals surface area contributed by atoms with Crippen LogP contribution in [0.3, 0.4) is 0 Å². The molecule has 1 aromatic carbocycles. The van der Waals surface area contributed by atoms with Gasteiger partial charge in [0.2, 0.25) is 0 Å². The molecule has 0 amide bonds. The maximum Gasteiger partial charge on any atom is 0.0246 e. The van der Waals surface area contributed by atoms with Gasteiger partial charge in [-0.05, 0) is 42.2 Å². The second-order valence-electron chi connectivity index (χ2n) is 7.21. The molecule has 1 saturated heterocycles. The highest BCUT2D eigenvalue weighted by Crippen LogP contribution is 2.43. The van der Waals surface area contributed by atoms with E-state index in [0.29, 0.717) is 0 Å². The molecule has 0 radical (unpaired) electrons. The van der Waals surface area contributed by atoms with Gasteiger partial charge in [0.25, 0.3) is 0 Å². The first-order valence-corrected chi connectivity index (χ1v) is 9.43. The normalized spacial score (nSPS) is 32.0. The van der Waals surface area contributed by atoms with E-state index in [1.807, 2.05) is 0 Å². The fourth-order valence-electron chi connectivity index (χ4n) is 4.43. The number of allylic oxidation sites excluding steroid dienone is 2. The smallest absolute Gasteiger partial charge is 0.0246 e. The molecule has 0 unspecified atom stereocenters. The standard InChI is InChI=1S/C19H25BrN2/c20-19-4-2-1-3-17(19)13-21-7-9-22(10-8-21)14-18-12-15-5-6-16(18)11-15/h1-6,15-16,18H,7-14H2/t15-,16+,18+/m1/s1. The summed E-state index contributed by atoms with van der Waals surface area (Å²) in [7, 11) is 0. The molecule has 2 fully saturated rings. The van der Waals surface area contributed by atoms with Crippen LogP contribution in [0, 0.1) is 17.8 Å². The molecule has 0 N–H and O–H groups in total. The SMILES string of the molecule is Brc1ccccc1CN1CCN(C[C@@H]2C[C@@H]3C=C[C@H]2C3)CC1. The number of rotatable bonds is 4. The largest absolute Gasteiger partial charge is 0.300 e. The third-order valence-corrected chi connectivity index (χ3v) is 6.50. The average molecular weight is 361 g/mol. The third kappa shape index (κ3) is 3.17. The highest BCUT2D eigenvalue weighted by Gasteiger charge is 2.36. The van der Waals surface area contributed by atoms with Crippen LogP contribution in [0.4, 0.5) is 0 Å². The van der Waals surface area contributed by atoms with Gasteiger partial charge >= 0.3 is 0 Å². The molecular formula is C19H25BrN2. The van der Waals surface area contributed by atoms with E-state index < -0.39 is 0 Å². The van der Waals surface area contributed by atoms with E-state index in [-0.39, 0.29) is 0 Å². The minimum atomic E-state index is 0.892. The maximum atomic E-state index is 3.67. The summed E-state index contributed by atoms with van der Waals surface area (Å²) in [5.74, 6) is 2.74. The molecule has 3 aliphatic rings. The van der Waals surface area contributed by atoms with E-state index in [1.54, 1.807) is 0 Å². The van der Waals surface area contributed by atoms with Gasteiger partial charge in [-0.15, -0.1) is 0 Å². The van der Waals surface area contributed by atoms with Gasteiger partial charge in [0.1, 0.15) is 0 Å². The number of piperazine rings is 1. The van der Waals surface area contributed by atoms with Crippen LogP contribution >= 0.6 is 15.9 Å². The predicted molar refractivity (Wildman–Crippen MR) is 94.7 cm³/mol. The maximum absolute atomic E-state index is 3.67. The number of nitrogens with zero attached hydrogens (tertiary/aromatic N) is 2. The van der Waals surface area contributed by atoms with E-state index in [1.165, 1.54) is 55.6 Å². The number of benzene rings is 1. The lowest BCUT2D eigenvalue weighted by Gasteiger charge is -2.37. The van der Waals surface area contributed by atoms with Crippen LogP contribution in [-0.2, 0) is 6.54 Å². The fourth-order valence-corrected chi connectivity index (χ4v) is 4.84. The molecule has 2 nitrogen and oxygen atoms in total. The molecule has 118 valence electrons. The Balaban J connectivity index is 1.26. The Morgan fingerprint density at radius 1 is 0.955 bits per heavy atom. The third-order valence-electron chi connectivity index (χ3n) is 5.73. The van der Waals surface area contributed by atoms with Crippen LogP contribution in [-0.4, -0.2) is 42.5 Å². The summed E-state index contributed by atoms with van der Waals surface area (Å²) >= 11 is 3.67. The second-order valence-corrected chi connectivity index (χ2v) is 8.06. The molecule has 1 aromatic rings. The van der Waals surface area contributed by atoms with E-state index in [9.17, 15) is 0 Å². The summed E-state index contributed by atoms with van der Waals surface area (Å²) in [5, 5.41) is 0. The molecule has 4 rings (SSSR count).